The van der Waals surface area contributed by atoms with Crippen LogP contribution < -0.4 is 0 Å². The van der Waals surface area contributed by atoms with Crippen LogP contribution in [0.15, 0.2) is 24.3 Å². The predicted molar refractivity (Wildman–Crippen MR) is 92.8 cm³/mol. The minimum absolute atomic E-state index is 0.178. The molecule has 2 heterocycles. The van der Waals surface area contributed by atoms with Crippen molar-refractivity contribution < 1.29 is 29.3 Å². The Morgan fingerprint density at radius 1 is 1.23 bits per heavy atom. The van der Waals surface area contributed by atoms with Crippen molar-refractivity contribution >= 4 is 11.9 Å². The fraction of sp³-hybridized carbons (Fsp3) is 0.579. The van der Waals surface area contributed by atoms with Crippen molar-refractivity contribution in [2.45, 2.75) is 43.5 Å². The number of hydrogen-bond acceptors (Lipinski definition) is 6. The SMILES string of the molecule is COC(=O)c1cccc(C(=O)N2CCC3(CC2)OCC[C@@](C)(O)[C@@H]3O)c1. The Kier molecular flexibility index (Phi) is 5.05. The molecule has 7 nitrogen and oxygen atoms in total. The second-order valence-electron chi connectivity index (χ2n) is 7.29. The van der Waals surface area contributed by atoms with Crippen molar-refractivity contribution in [3.63, 3.8) is 0 Å². The van der Waals surface area contributed by atoms with Crippen LogP contribution in [0, 0.1) is 0 Å². The molecular formula is C19H25NO6. The van der Waals surface area contributed by atoms with Crippen LogP contribution in [0.3, 0.4) is 0 Å². The van der Waals surface area contributed by atoms with E-state index in [0.717, 1.165) is 0 Å². The number of esters is 1. The molecule has 2 aliphatic rings. The average Bonchev–Trinajstić information content (AvgIpc) is 2.65. The molecule has 0 aliphatic carbocycles. The third-order valence-corrected chi connectivity index (χ3v) is 5.51. The first-order valence-corrected chi connectivity index (χ1v) is 8.81. The van der Waals surface area contributed by atoms with Gasteiger partial charge in [0.2, 0.25) is 0 Å². The smallest absolute Gasteiger partial charge is 0.337 e. The van der Waals surface area contributed by atoms with Crippen LogP contribution in [0.4, 0.5) is 0 Å². The van der Waals surface area contributed by atoms with Crippen LogP contribution in [-0.2, 0) is 9.47 Å². The van der Waals surface area contributed by atoms with Crippen molar-refractivity contribution in [1.29, 1.82) is 0 Å². The maximum absolute atomic E-state index is 12.8. The number of carbonyl (C=O) groups is 2. The van der Waals surface area contributed by atoms with Gasteiger partial charge < -0.3 is 24.6 Å². The van der Waals surface area contributed by atoms with Gasteiger partial charge in [-0.3, -0.25) is 4.79 Å². The van der Waals surface area contributed by atoms with E-state index >= 15 is 0 Å². The summed E-state index contributed by atoms with van der Waals surface area (Å²) < 4.78 is 10.5. The van der Waals surface area contributed by atoms with Gasteiger partial charge in [0.05, 0.1) is 24.9 Å². The zero-order valence-electron chi connectivity index (χ0n) is 15.1. The summed E-state index contributed by atoms with van der Waals surface area (Å²) >= 11 is 0. The van der Waals surface area contributed by atoms with E-state index in [2.05, 4.69) is 0 Å². The van der Waals surface area contributed by atoms with Crippen molar-refractivity contribution in [1.82, 2.24) is 4.90 Å². The summed E-state index contributed by atoms with van der Waals surface area (Å²) in [5, 5.41) is 20.9. The van der Waals surface area contributed by atoms with Gasteiger partial charge in [0, 0.05) is 25.1 Å². The summed E-state index contributed by atoms with van der Waals surface area (Å²) in [6.45, 7) is 2.83. The number of rotatable bonds is 2. The first kappa shape index (κ1) is 18.8. The van der Waals surface area contributed by atoms with E-state index in [-0.39, 0.29) is 5.91 Å². The molecule has 0 unspecified atom stereocenters. The highest BCUT2D eigenvalue weighted by Gasteiger charge is 2.52. The zero-order valence-corrected chi connectivity index (χ0v) is 15.1. The second-order valence-corrected chi connectivity index (χ2v) is 7.29. The number of methoxy groups -OCH3 is 1. The van der Waals surface area contributed by atoms with E-state index in [4.69, 9.17) is 9.47 Å². The molecule has 1 amide bonds. The lowest BCUT2D eigenvalue weighted by atomic mass is 9.75. The van der Waals surface area contributed by atoms with Gasteiger partial charge in [-0.15, -0.1) is 0 Å². The lowest BCUT2D eigenvalue weighted by molar-refractivity contribution is -0.244. The van der Waals surface area contributed by atoms with Crippen LogP contribution in [0.2, 0.25) is 0 Å². The molecule has 0 aromatic heterocycles. The van der Waals surface area contributed by atoms with E-state index in [1.54, 1.807) is 30.0 Å². The van der Waals surface area contributed by atoms with Crippen LogP contribution >= 0.6 is 0 Å². The highest BCUT2D eigenvalue weighted by molar-refractivity contribution is 5.98. The molecule has 7 heteroatoms. The molecule has 26 heavy (non-hydrogen) atoms. The van der Waals surface area contributed by atoms with Crippen molar-refractivity contribution in [2.24, 2.45) is 0 Å². The Morgan fingerprint density at radius 3 is 2.54 bits per heavy atom. The van der Waals surface area contributed by atoms with Crippen molar-refractivity contribution in [3.8, 4) is 0 Å². The molecule has 3 rings (SSSR count). The number of likely N-dealkylation sites (tertiary alicyclic amines) is 1. The summed E-state index contributed by atoms with van der Waals surface area (Å²) in [5.74, 6) is -0.666. The summed E-state index contributed by atoms with van der Waals surface area (Å²) in [5.41, 5.74) is -1.25. The fourth-order valence-electron chi connectivity index (χ4n) is 3.83. The molecule has 2 fully saturated rings. The number of ether oxygens (including phenoxy) is 2. The van der Waals surface area contributed by atoms with Gasteiger partial charge in [0.1, 0.15) is 11.7 Å². The maximum Gasteiger partial charge on any atom is 0.337 e. The Balaban J connectivity index is 1.70. The van der Waals surface area contributed by atoms with Crippen LogP contribution in [0.1, 0.15) is 46.9 Å². The molecule has 2 atom stereocenters. The number of benzene rings is 1. The number of aliphatic hydroxyl groups is 2. The fourth-order valence-corrected chi connectivity index (χ4v) is 3.83. The van der Waals surface area contributed by atoms with Gasteiger partial charge in [-0.05, 0) is 38.0 Å². The summed E-state index contributed by atoms with van der Waals surface area (Å²) in [6.07, 6.45) is 0.307. The molecule has 0 radical (unpaired) electrons. The quantitative estimate of drug-likeness (QED) is 0.761. The molecule has 1 aromatic carbocycles. The third kappa shape index (κ3) is 3.34. The van der Waals surface area contributed by atoms with Crippen molar-refractivity contribution in [3.05, 3.63) is 35.4 Å². The average molecular weight is 363 g/mol. The number of carbonyl (C=O) groups excluding carboxylic acids is 2. The normalized spacial score (nSPS) is 28.0. The minimum atomic E-state index is -1.18. The summed E-state index contributed by atoms with van der Waals surface area (Å²) in [6, 6.07) is 6.43. The van der Waals surface area contributed by atoms with Gasteiger partial charge in [-0.1, -0.05) is 6.07 Å². The molecule has 1 spiro atoms. The molecule has 0 saturated carbocycles. The topological polar surface area (TPSA) is 96.3 Å². The number of piperidine rings is 1. The highest BCUT2D eigenvalue weighted by Crippen LogP contribution is 2.39. The van der Waals surface area contributed by atoms with Crippen LogP contribution in [0.25, 0.3) is 0 Å². The maximum atomic E-state index is 12.8. The minimum Gasteiger partial charge on any atom is -0.465 e. The van der Waals surface area contributed by atoms with E-state index in [9.17, 15) is 19.8 Å². The highest BCUT2D eigenvalue weighted by atomic mass is 16.5. The van der Waals surface area contributed by atoms with Gasteiger partial charge in [-0.2, -0.15) is 0 Å². The third-order valence-electron chi connectivity index (χ3n) is 5.51. The second kappa shape index (κ2) is 6.98. The van der Waals surface area contributed by atoms with Gasteiger partial charge in [-0.25, -0.2) is 4.79 Å². The van der Waals surface area contributed by atoms with Crippen molar-refractivity contribution in [2.75, 3.05) is 26.8 Å². The molecule has 142 valence electrons. The number of aliphatic hydroxyl groups excluding tert-OH is 1. The van der Waals surface area contributed by atoms with Crippen LogP contribution in [-0.4, -0.2) is 71.1 Å². The molecule has 0 bridgehead atoms. The molecule has 1 aromatic rings. The Bertz CT molecular complexity index is 693. The lowest BCUT2D eigenvalue weighted by Gasteiger charge is -2.51. The Labute approximate surface area is 152 Å². The zero-order chi connectivity index (χ0) is 18.9. The number of nitrogens with zero attached hydrogens (tertiary/aromatic N) is 1. The largest absolute Gasteiger partial charge is 0.465 e. The summed E-state index contributed by atoms with van der Waals surface area (Å²) in [4.78, 5) is 26.1. The number of hydrogen-bond donors (Lipinski definition) is 2. The number of amides is 1. The van der Waals surface area contributed by atoms with Gasteiger partial charge in [0.15, 0.2) is 0 Å². The Hall–Kier alpha value is -1.96. The molecule has 2 aliphatic heterocycles. The molecular weight excluding hydrogens is 338 g/mol. The lowest BCUT2D eigenvalue weighted by Crippen LogP contribution is -2.64. The predicted octanol–water partition coefficient (Wildman–Crippen LogP) is 0.980. The van der Waals surface area contributed by atoms with E-state index < -0.39 is 23.3 Å². The Morgan fingerprint density at radius 2 is 1.88 bits per heavy atom. The monoisotopic (exact) mass is 363 g/mol. The standard InChI is InChI=1S/C19H25NO6/c1-18(24)8-11-26-19(17(18)23)6-9-20(10-7-19)15(21)13-4-3-5-14(12-13)16(22)25-2/h3-5,12,17,23-24H,6-11H2,1-2H3/t17-,18+/m0/s1. The summed E-state index contributed by atoms with van der Waals surface area (Å²) in [7, 11) is 1.30. The van der Waals surface area contributed by atoms with Gasteiger partial charge >= 0.3 is 5.97 Å². The molecule has 2 saturated heterocycles. The first-order valence-electron chi connectivity index (χ1n) is 8.81. The van der Waals surface area contributed by atoms with Gasteiger partial charge in [0.25, 0.3) is 5.91 Å². The van der Waals surface area contributed by atoms with E-state index in [1.165, 1.54) is 13.2 Å². The first-order chi connectivity index (χ1) is 12.3. The van der Waals surface area contributed by atoms with E-state index in [1.807, 2.05) is 0 Å². The molecule has 2 N–H and O–H groups in total. The van der Waals surface area contributed by atoms with Crippen LogP contribution in [0.5, 0.6) is 0 Å². The van der Waals surface area contributed by atoms with E-state index in [0.29, 0.717) is 50.1 Å².